The molecule has 3 heterocycles. The number of aryl methyl sites for hydroxylation is 1. The van der Waals surface area contributed by atoms with E-state index in [1.807, 2.05) is 36.4 Å². The SMILES string of the molecule is C.C.CCOC(=O)c1nn(CC2(c3cccc(C(F)(F)F)c3)CCCC2)c(-c2ccccc2)c(C)c1=O.CCOC(=O)c1nn(CC2(c3cccc(C(F)(F)F)c3)CCCC2)c(Br)c(C)c1=O.CCOC(=O)c1nn(CC2(c3cccc(C(F)(F)F)c3)CCCC2)cc(C)c1=O.OB(O)c1ccccc1.[B]=NS.[C-]#N.[Cu+]. The summed E-state index contributed by atoms with van der Waals surface area (Å²) in [5, 5.41) is 36.2. The summed E-state index contributed by atoms with van der Waals surface area (Å²) in [5.41, 5.74) is -1.76. The summed E-state index contributed by atoms with van der Waals surface area (Å²) in [6.45, 7) is 15.5. The third kappa shape index (κ3) is 24.9. The molecular formula is C78H88B2BrCuF9N8O11S. The van der Waals surface area contributed by atoms with E-state index in [0.717, 1.165) is 62.3 Å². The van der Waals surface area contributed by atoms with Crippen molar-refractivity contribution in [2.45, 2.75) is 188 Å². The minimum atomic E-state index is -4.45. The average Bonchev–Trinajstić information content (AvgIpc) is 1.76. The van der Waals surface area contributed by atoms with Gasteiger partial charge in [-0.3, -0.25) is 28.4 Å². The first-order valence-electron chi connectivity index (χ1n) is 34.4. The summed E-state index contributed by atoms with van der Waals surface area (Å²) < 4.78 is 143. The maximum Gasteiger partial charge on any atom is 1.00 e. The van der Waals surface area contributed by atoms with Gasteiger partial charge < -0.3 is 36.1 Å². The number of carbonyl (C=O) groups is 3. The van der Waals surface area contributed by atoms with Gasteiger partial charge in [0.05, 0.1) is 61.8 Å². The van der Waals surface area contributed by atoms with Gasteiger partial charge in [-0.05, 0) is 136 Å². The van der Waals surface area contributed by atoms with Crippen LogP contribution in [0.25, 0.3) is 11.3 Å². The fraction of sp³-hybridized carbons (Fsp3) is 0.410. The van der Waals surface area contributed by atoms with Gasteiger partial charge in [-0.15, -0.1) is 0 Å². The molecule has 0 unspecified atom stereocenters. The standard InChI is InChI=1S/C27H27F3N2O3.C21H22BrF3N2O3.C21H23F3N2O3.C6H7BO2.CN.2CH4.BHNS.Cu/c1-3-35-25(34)22-24(33)18(2)23(19-10-5-4-6-11-19)32(31-22)17-26(14-7-8-15-26)20-12-9-13-21(16-20)27(28,29)30;1-3-30-19(29)16-17(28)13(2)18(22)27(26-16)12-20(9-4-5-10-20)14-7-6-8-15(11-14)21(23,24)25;1-3-29-19(28)17-18(27)14(2)12-26(25-17)13-20(9-4-5-10-20)15-7-6-8-16(11-15)21(22,23)24;8-7(9)6-4-2-1-3-5-6;1-2;;;1-2-3;/h4-6,9-13,16H,3,7-8,14-15,17H2,1-2H3;6-8,11H,3-5,9-10,12H2,1-2H3;6-8,11-12H,3-5,9-10,13H2,1-2H3;1-5,8-9H;;2*1H4;3H;/q;;;;-1;;;;+1. The van der Waals surface area contributed by atoms with E-state index in [-0.39, 0.29) is 88.5 Å². The van der Waals surface area contributed by atoms with Gasteiger partial charge in [0.15, 0.2) is 0 Å². The van der Waals surface area contributed by atoms with Gasteiger partial charge in [-0.2, -0.15) is 54.8 Å². The number of carbonyl (C=O) groups excluding carboxylic acids is 3. The van der Waals surface area contributed by atoms with E-state index in [0.29, 0.717) is 87.7 Å². The van der Waals surface area contributed by atoms with Crippen LogP contribution < -0.4 is 21.7 Å². The predicted octanol–water partition coefficient (Wildman–Crippen LogP) is 16.1. The zero-order chi connectivity index (χ0) is 80.0. The molecule has 599 valence electrons. The van der Waals surface area contributed by atoms with E-state index in [4.69, 9.17) is 36.1 Å². The maximum absolute atomic E-state index is 13.5. The molecule has 3 aliphatic rings. The molecule has 19 nitrogen and oxygen atoms in total. The number of ether oxygens (including phenoxy) is 3. The van der Waals surface area contributed by atoms with Crippen LogP contribution >= 0.6 is 28.7 Å². The molecule has 5 aromatic carbocycles. The molecule has 11 rings (SSSR count). The van der Waals surface area contributed by atoms with Crippen LogP contribution in [0.4, 0.5) is 39.5 Å². The zero-order valence-corrected chi connectivity index (χ0v) is 63.8. The molecule has 33 heteroatoms. The summed E-state index contributed by atoms with van der Waals surface area (Å²) in [7, 11) is 2.99. The van der Waals surface area contributed by atoms with Crippen LogP contribution in [0.15, 0.2) is 163 Å². The van der Waals surface area contributed by atoms with Crippen LogP contribution in [-0.2, 0) is 85.7 Å². The summed E-state index contributed by atoms with van der Waals surface area (Å²) in [6, 6.07) is 34.1. The molecule has 111 heavy (non-hydrogen) atoms. The Kier molecular flexibility index (Phi) is 37.6. The van der Waals surface area contributed by atoms with E-state index in [2.05, 4.69) is 56.0 Å². The Morgan fingerprint density at radius 3 is 1.21 bits per heavy atom. The summed E-state index contributed by atoms with van der Waals surface area (Å²) >= 11 is 6.56. The van der Waals surface area contributed by atoms with Crippen molar-refractivity contribution in [3.63, 3.8) is 0 Å². The normalized spacial score (nSPS) is 14.2. The third-order valence-corrected chi connectivity index (χ3v) is 19.9. The summed E-state index contributed by atoms with van der Waals surface area (Å²) in [4.78, 5) is 74.6. The van der Waals surface area contributed by atoms with Crippen LogP contribution in [0.2, 0.25) is 0 Å². The predicted molar refractivity (Wildman–Crippen MR) is 407 cm³/mol. The zero-order valence-electron chi connectivity index (χ0n) is 60.3. The molecule has 0 saturated heterocycles. The number of rotatable bonds is 17. The number of alkyl halides is 9. The second kappa shape index (κ2) is 43.3. The second-order valence-electron chi connectivity index (χ2n) is 25.9. The average molecular weight is 1680 g/mol. The van der Waals surface area contributed by atoms with E-state index in [1.54, 1.807) is 94.9 Å². The first-order valence-corrected chi connectivity index (χ1v) is 35.6. The number of nitrogens with zero attached hydrogens (tertiary/aromatic N) is 8. The molecule has 3 saturated carbocycles. The number of thiol groups is 1. The number of esters is 3. The van der Waals surface area contributed by atoms with Gasteiger partial charge >= 0.3 is 85.4 Å². The number of hydrogen-bond donors (Lipinski definition) is 3. The van der Waals surface area contributed by atoms with Crippen molar-refractivity contribution >= 4 is 66.9 Å². The fourth-order valence-corrected chi connectivity index (χ4v) is 14.0. The van der Waals surface area contributed by atoms with Gasteiger partial charge in [0.1, 0.15) is 4.60 Å². The number of halogens is 10. The van der Waals surface area contributed by atoms with Crippen molar-refractivity contribution in [3.05, 3.63) is 249 Å². The largest absolute Gasteiger partial charge is 1.00 e. The van der Waals surface area contributed by atoms with E-state index in [1.165, 1.54) is 45.8 Å². The molecule has 1 radical (unpaired) electrons. The number of aromatic nitrogens is 6. The van der Waals surface area contributed by atoms with Gasteiger partial charge in [-0.25, -0.2) is 14.4 Å². The van der Waals surface area contributed by atoms with Crippen LogP contribution in [0.3, 0.4) is 0 Å². The maximum atomic E-state index is 13.5. The van der Waals surface area contributed by atoms with Gasteiger partial charge in [0.25, 0.3) is 0 Å². The van der Waals surface area contributed by atoms with E-state index in [9.17, 15) is 68.3 Å². The molecular weight excluding hydrogens is 1590 g/mol. The fourth-order valence-electron chi connectivity index (χ4n) is 13.7. The van der Waals surface area contributed by atoms with Crippen molar-refractivity contribution < 1.29 is 95.2 Å². The topological polar surface area (TPSA) is 260 Å². The van der Waals surface area contributed by atoms with Crippen molar-refractivity contribution in [2.24, 2.45) is 4.30 Å². The molecule has 3 aromatic heterocycles. The second-order valence-corrected chi connectivity index (χ2v) is 26.9. The van der Waals surface area contributed by atoms with Crippen LogP contribution in [0.1, 0.15) is 194 Å². The summed E-state index contributed by atoms with van der Waals surface area (Å²) in [5.74, 6) is -2.42. The number of benzene rings is 5. The molecule has 0 spiro atoms. The first kappa shape index (κ1) is 96.4. The van der Waals surface area contributed by atoms with Gasteiger partial charge in [0, 0.05) is 44.7 Å². The monoisotopic (exact) mass is 1680 g/mol. The molecule has 0 aliphatic heterocycles. The Bertz CT molecular complexity index is 4610. The Balaban J connectivity index is 0.000000392. The molecule has 3 fully saturated rings. The Morgan fingerprint density at radius 1 is 0.541 bits per heavy atom. The van der Waals surface area contributed by atoms with Crippen molar-refractivity contribution in [2.75, 3.05) is 19.8 Å². The van der Waals surface area contributed by atoms with Crippen LogP contribution in [0.5, 0.6) is 0 Å². The van der Waals surface area contributed by atoms with Crippen molar-refractivity contribution in [3.8, 4) is 11.3 Å². The van der Waals surface area contributed by atoms with Crippen LogP contribution in [-0.4, -0.2) is 91.9 Å². The van der Waals surface area contributed by atoms with E-state index < -0.39 is 92.8 Å². The number of hydrogen-bond acceptors (Lipinski definition) is 17. The smallest absolute Gasteiger partial charge is 0.512 e. The Morgan fingerprint density at radius 2 is 0.865 bits per heavy atom. The minimum Gasteiger partial charge on any atom is -0.512 e. The molecule has 8 aromatic rings. The molecule has 0 atom stereocenters. The minimum absolute atomic E-state index is 0. The molecule has 0 amide bonds. The van der Waals surface area contributed by atoms with E-state index >= 15 is 0 Å². The molecule has 3 aliphatic carbocycles. The van der Waals surface area contributed by atoms with Crippen LogP contribution in [0, 0.1) is 32.6 Å². The summed E-state index contributed by atoms with van der Waals surface area (Å²) in [6.07, 6.45) is -2.39. The molecule has 0 bridgehead atoms. The quantitative estimate of drug-likeness (QED) is 0.0191. The van der Waals surface area contributed by atoms with Crippen molar-refractivity contribution in [1.29, 1.82) is 5.26 Å². The first-order chi connectivity index (χ1) is 51.1. The third-order valence-electron chi connectivity index (χ3n) is 18.9. The Hall–Kier alpha value is -8.79. The van der Waals surface area contributed by atoms with Crippen molar-refractivity contribution in [1.82, 2.24) is 29.3 Å². The van der Waals surface area contributed by atoms with Gasteiger partial charge in [0.2, 0.25) is 33.4 Å². The van der Waals surface area contributed by atoms with Gasteiger partial charge in [-0.1, -0.05) is 169 Å². The molecule has 2 N–H and O–H groups in total. The Labute approximate surface area is 664 Å².